The zero-order chi connectivity index (χ0) is 8.72. The molecule has 1 nitrogen and oxygen atoms in total. The number of hydrogen-bond acceptors (Lipinski definition) is 1. The normalized spacial score (nSPS) is 15.0. The highest BCUT2D eigenvalue weighted by Gasteiger charge is 2.21. The lowest BCUT2D eigenvalue weighted by Gasteiger charge is -2.00. The molecule has 0 unspecified atom stereocenters. The first kappa shape index (κ1) is 8.51. The summed E-state index contributed by atoms with van der Waals surface area (Å²) in [4.78, 5) is 11.3. The Balaban J connectivity index is 2.68. The van der Waals surface area contributed by atoms with E-state index in [2.05, 4.69) is 22.6 Å². The first-order chi connectivity index (χ1) is 5.68. The van der Waals surface area contributed by atoms with Crippen molar-refractivity contribution in [2.75, 3.05) is 0 Å². The largest absolute Gasteiger partial charge is 0.294 e. The standard InChI is InChI=1S/C9H6ClIO/c10-8-4-5(11)3-7-6(8)1-2-9(7)12/h3-4H,1-2H2. The van der Waals surface area contributed by atoms with E-state index in [9.17, 15) is 4.79 Å². The van der Waals surface area contributed by atoms with E-state index in [4.69, 9.17) is 11.6 Å². The lowest BCUT2D eigenvalue weighted by atomic mass is 10.1. The molecule has 1 aromatic rings. The lowest BCUT2D eigenvalue weighted by molar-refractivity contribution is 0.0994. The van der Waals surface area contributed by atoms with Gasteiger partial charge in [-0.05, 0) is 46.7 Å². The number of hydrogen-bond donors (Lipinski definition) is 0. The van der Waals surface area contributed by atoms with Crippen LogP contribution in [-0.4, -0.2) is 5.78 Å². The second kappa shape index (κ2) is 3.00. The van der Waals surface area contributed by atoms with E-state index in [0.29, 0.717) is 6.42 Å². The maximum Gasteiger partial charge on any atom is 0.163 e. The van der Waals surface area contributed by atoms with E-state index < -0.39 is 0 Å². The van der Waals surface area contributed by atoms with Crippen molar-refractivity contribution in [1.29, 1.82) is 0 Å². The monoisotopic (exact) mass is 292 g/mol. The molecule has 0 bridgehead atoms. The van der Waals surface area contributed by atoms with Crippen LogP contribution in [0.25, 0.3) is 0 Å². The number of halogens is 2. The molecule has 0 atom stereocenters. The summed E-state index contributed by atoms with van der Waals surface area (Å²) in [5, 5.41) is 0.739. The van der Waals surface area contributed by atoms with Crippen LogP contribution in [-0.2, 0) is 6.42 Å². The quantitative estimate of drug-likeness (QED) is 0.672. The molecule has 62 valence electrons. The van der Waals surface area contributed by atoms with Crippen LogP contribution in [0.5, 0.6) is 0 Å². The summed E-state index contributed by atoms with van der Waals surface area (Å²) in [7, 11) is 0. The summed E-state index contributed by atoms with van der Waals surface area (Å²) in [6.07, 6.45) is 1.43. The molecular weight excluding hydrogens is 286 g/mol. The van der Waals surface area contributed by atoms with Crippen LogP contribution < -0.4 is 0 Å². The van der Waals surface area contributed by atoms with Gasteiger partial charge in [0.25, 0.3) is 0 Å². The zero-order valence-electron chi connectivity index (χ0n) is 6.23. The third kappa shape index (κ3) is 1.27. The first-order valence-electron chi connectivity index (χ1n) is 3.69. The van der Waals surface area contributed by atoms with Gasteiger partial charge in [0.1, 0.15) is 0 Å². The second-order valence-corrected chi connectivity index (χ2v) is 4.49. The fourth-order valence-corrected chi connectivity index (χ4v) is 2.60. The molecule has 0 amide bonds. The van der Waals surface area contributed by atoms with Crippen molar-refractivity contribution in [1.82, 2.24) is 0 Å². The number of fused-ring (bicyclic) bond motifs is 1. The maximum absolute atomic E-state index is 11.3. The zero-order valence-corrected chi connectivity index (χ0v) is 9.15. The average Bonchev–Trinajstić information content (AvgIpc) is 2.33. The van der Waals surface area contributed by atoms with Gasteiger partial charge in [0.15, 0.2) is 5.78 Å². The van der Waals surface area contributed by atoms with E-state index in [1.807, 2.05) is 12.1 Å². The summed E-state index contributed by atoms with van der Waals surface area (Å²) in [5.74, 6) is 0.227. The molecule has 0 spiro atoms. The van der Waals surface area contributed by atoms with Gasteiger partial charge in [0.05, 0.1) is 0 Å². The second-order valence-electron chi connectivity index (χ2n) is 2.84. The summed E-state index contributed by atoms with van der Waals surface area (Å²) in [6, 6.07) is 3.82. The van der Waals surface area contributed by atoms with Crippen LogP contribution in [0.2, 0.25) is 5.02 Å². The summed E-state index contributed by atoms with van der Waals surface area (Å²) >= 11 is 8.16. The third-order valence-corrected chi connectivity index (χ3v) is 3.02. The Kier molecular flexibility index (Phi) is 2.12. The van der Waals surface area contributed by atoms with Crippen LogP contribution in [0, 0.1) is 3.57 Å². The van der Waals surface area contributed by atoms with E-state index in [1.54, 1.807) is 0 Å². The van der Waals surface area contributed by atoms with Crippen molar-refractivity contribution < 1.29 is 4.79 Å². The van der Waals surface area contributed by atoms with Crippen LogP contribution in [0.15, 0.2) is 12.1 Å². The number of Topliss-reactive ketones (excluding diaryl/α,β-unsaturated/α-hetero) is 1. The van der Waals surface area contributed by atoms with Crippen molar-refractivity contribution in [2.45, 2.75) is 12.8 Å². The van der Waals surface area contributed by atoms with Crippen molar-refractivity contribution in [3.8, 4) is 0 Å². The molecule has 0 heterocycles. The number of ketones is 1. The smallest absolute Gasteiger partial charge is 0.163 e. The molecule has 12 heavy (non-hydrogen) atoms. The van der Waals surface area contributed by atoms with E-state index in [0.717, 1.165) is 26.1 Å². The van der Waals surface area contributed by atoms with E-state index in [-0.39, 0.29) is 5.78 Å². The van der Waals surface area contributed by atoms with Crippen LogP contribution in [0.4, 0.5) is 0 Å². The highest BCUT2D eigenvalue weighted by atomic mass is 127. The Morgan fingerprint density at radius 1 is 1.33 bits per heavy atom. The van der Waals surface area contributed by atoms with Crippen molar-refractivity contribution in [3.63, 3.8) is 0 Å². The Labute approximate surface area is 89.2 Å². The van der Waals surface area contributed by atoms with Gasteiger partial charge in [0, 0.05) is 20.6 Å². The molecule has 1 aromatic carbocycles. The molecule has 1 aliphatic carbocycles. The summed E-state index contributed by atoms with van der Waals surface area (Å²) in [5.41, 5.74) is 1.86. The molecule has 0 aromatic heterocycles. The van der Waals surface area contributed by atoms with E-state index in [1.165, 1.54) is 0 Å². The van der Waals surface area contributed by atoms with Gasteiger partial charge in [0.2, 0.25) is 0 Å². The topological polar surface area (TPSA) is 17.1 Å². The SMILES string of the molecule is O=C1CCc2c(Cl)cc(I)cc21. The lowest BCUT2D eigenvalue weighted by Crippen LogP contribution is -1.92. The number of benzene rings is 1. The third-order valence-electron chi connectivity index (χ3n) is 2.06. The minimum absolute atomic E-state index is 0.227. The highest BCUT2D eigenvalue weighted by Crippen LogP contribution is 2.30. The Morgan fingerprint density at radius 3 is 2.83 bits per heavy atom. The Morgan fingerprint density at radius 2 is 2.08 bits per heavy atom. The van der Waals surface area contributed by atoms with Crippen LogP contribution >= 0.6 is 34.2 Å². The molecular formula is C9H6ClIO. The number of rotatable bonds is 0. The molecule has 0 saturated heterocycles. The maximum atomic E-state index is 11.3. The predicted octanol–water partition coefficient (Wildman–Crippen LogP) is 3.07. The minimum Gasteiger partial charge on any atom is -0.294 e. The van der Waals surface area contributed by atoms with E-state index >= 15 is 0 Å². The molecule has 0 N–H and O–H groups in total. The van der Waals surface area contributed by atoms with Gasteiger partial charge in [-0.1, -0.05) is 11.6 Å². The van der Waals surface area contributed by atoms with Crippen molar-refractivity contribution >= 4 is 40.0 Å². The molecule has 0 fully saturated rings. The summed E-state index contributed by atoms with van der Waals surface area (Å²) < 4.78 is 1.03. The Hall–Kier alpha value is -0.0900. The number of carbonyl (C=O) groups is 1. The molecule has 0 aliphatic heterocycles. The fourth-order valence-electron chi connectivity index (χ4n) is 1.48. The van der Waals surface area contributed by atoms with Gasteiger partial charge in [-0.15, -0.1) is 0 Å². The Bertz CT molecular complexity index is 360. The molecule has 0 saturated carbocycles. The van der Waals surface area contributed by atoms with Gasteiger partial charge in [-0.25, -0.2) is 0 Å². The number of carbonyl (C=O) groups excluding carboxylic acids is 1. The average molecular weight is 293 g/mol. The predicted molar refractivity (Wildman–Crippen MR) is 56.8 cm³/mol. The van der Waals surface area contributed by atoms with Gasteiger partial charge < -0.3 is 0 Å². The van der Waals surface area contributed by atoms with Crippen LogP contribution in [0.1, 0.15) is 22.3 Å². The first-order valence-corrected chi connectivity index (χ1v) is 5.15. The molecule has 2 rings (SSSR count). The minimum atomic E-state index is 0.227. The van der Waals surface area contributed by atoms with Crippen molar-refractivity contribution in [2.24, 2.45) is 0 Å². The molecule has 3 heteroatoms. The fraction of sp³-hybridized carbons (Fsp3) is 0.222. The van der Waals surface area contributed by atoms with Gasteiger partial charge in [-0.3, -0.25) is 4.79 Å². The van der Waals surface area contributed by atoms with Gasteiger partial charge >= 0.3 is 0 Å². The highest BCUT2D eigenvalue weighted by molar-refractivity contribution is 14.1. The van der Waals surface area contributed by atoms with Gasteiger partial charge in [-0.2, -0.15) is 0 Å². The molecule has 1 aliphatic rings. The summed E-state index contributed by atoms with van der Waals surface area (Å²) in [6.45, 7) is 0. The van der Waals surface area contributed by atoms with Crippen LogP contribution in [0.3, 0.4) is 0 Å². The van der Waals surface area contributed by atoms with Crippen molar-refractivity contribution in [3.05, 3.63) is 31.9 Å². The molecule has 0 radical (unpaired) electrons.